The summed E-state index contributed by atoms with van der Waals surface area (Å²) in [6, 6.07) is 3.93. The van der Waals surface area contributed by atoms with Crippen molar-refractivity contribution in [3.05, 3.63) is 34.3 Å². The molecule has 0 radical (unpaired) electrons. The van der Waals surface area contributed by atoms with Gasteiger partial charge in [-0.25, -0.2) is 0 Å². The highest BCUT2D eigenvalue weighted by Gasteiger charge is 2.32. The van der Waals surface area contributed by atoms with Crippen LogP contribution in [0.1, 0.15) is 43.9 Å². The van der Waals surface area contributed by atoms with E-state index in [-0.39, 0.29) is 11.1 Å². The summed E-state index contributed by atoms with van der Waals surface area (Å²) in [5, 5.41) is 3.44. The second-order valence-corrected chi connectivity index (χ2v) is 6.98. The monoisotopic (exact) mass is 348 g/mol. The van der Waals surface area contributed by atoms with Crippen molar-refractivity contribution in [1.82, 2.24) is 10.2 Å². The van der Waals surface area contributed by atoms with Crippen molar-refractivity contribution in [2.75, 3.05) is 26.2 Å². The maximum Gasteiger partial charge on any atom is 0.416 e. The van der Waals surface area contributed by atoms with Gasteiger partial charge in [-0.3, -0.25) is 4.90 Å². The number of halogens is 4. The van der Waals surface area contributed by atoms with Crippen LogP contribution in [0.2, 0.25) is 5.02 Å². The van der Waals surface area contributed by atoms with Crippen molar-refractivity contribution >= 4 is 11.6 Å². The molecular formula is C17H24ClF3N2. The first-order valence-electron chi connectivity index (χ1n) is 8.10. The van der Waals surface area contributed by atoms with Gasteiger partial charge in [-0.05, 0) is 42.5 Å². The maximum atomic E-state index is 13.1. The Balaban J connectivity index is 2.31. The summed E-state index contributed by atoms with van der Waals surface area (Å²) in [5.41, 5.74) is 0.0112. The molecule has 130 valence electrons. The predicted molar refractivity (Wildman–Crippen MR) is 87.7 cm³/mol. The minimum absolute atomic E-state index is 0.0145. The first-order chi connectivity index (χ1) is 10.8. The highest BCUT2D eigenvalue weighted by Crippen LogP contribution is 2.36. The van der Waals surface area contributed by atoms with Crippen LogP contribution in [0.3, 0.4) is 0 Å². The smallest absolute Gasteiger partial charge is 0.314 e. The third kappa shape index (κ3) is 5.37. The SMILES string of the molecule is CC(C)CC[C@H](c1cc(Cl)cc(C(F)(F)F)c1)N1CCNCC1. The van der Waals surface area contributed by atoms with Gasteiger partial charge < -0.3 is 5.32 Å². The minimum atomic E-state index is -4.37. The van der Waals surface area contributed by atoms with E-state index in [1.807, 2.05) is 0 Å². The summed E-state index contributed by atoms with van der Waals surface area (Å²) in [7, 11) is 0. The quantitative estimate of drug-likeness (QED) is 0.826. The Labute approximate surface area is 141 Å². The van der Waals surface area contributed by atoms with Gasteiger partial charge in [0, 0.05) is 37.2 Å². The molecule has 2 rings (SSSR count). The lowest BCUT2D eigenvalue weighted by Crippen LogP contribution is -2.45. The highest BCUT2D eigenvalue weighted by molar-refractivity contribution is 6.30. The van der Waals surface area contributed by atoms with E-state index < -0.39 is 11.7 Å². The van der Waals surface area contributed by atoms with Gasteiger partial charge in [0.15, 0.2) is 0 Å². The van der Waals surface area contributed by atoms with E-state index in [2.05, 4.69) is 24.1 Å². The van der Waals surface area contributed by atoms with Gasteiger partial charge in [0.2, 0.25) is 0 Å². The molecule has 1 heterocycles. The summed E-state index contributed by atoms with van der Waals surface area (Å²) in [6.45, 7) is 7.69. The Bertz CT molecular complexity index is 511. The number of nitrogens with one attached hydrogen (secondary N) is 1. The molecular weight excluding hydrogens is 325 g/mol. The lowest BCUT2D eigenvalue weighted by Gasteiger charge is -2.36. The molecule has 1 aliphatic rings. The van der Waals surface area contributed by atoms with Gasteiger partial charge in [0.25, 0.3) is 0 Å². The summed E-state index contributed by atoms with van der Waals surface area (Å²) >= 11 is 5.97. The van der Waals surface area contributed by atoms with Gasteiger partial charge in [0.05, 0.1) is 5.56 Å². The van der Waals surface area contributed by atoms with Gasteiger partial charge in [0.1, 0.15) is 0 Å². The summed E-state index contributed by atoms with van der Waals surface area (Å²) < 4.78 is 39.3. The zero-order valence-corrected chi connectivity index (χ0v) is 14.3. The number of alkyl halides is 3. The molecule has 6 heteroatoms. The van der Waals surface area contributed by atoms with Crippen molar-refractivity contribution < 1.29 is 13.2 Å². The van der Waals surface area contributed by atoms with Gasteiger partial charge in [-0.2, -0.15) is 13.2 Å². The topological polar surface area (TPSA) is 15.3 Å². The maximum absolute atomic E-state index is 13.1. The van der Waals surface area contributed by atoms with Crippen LogP contribution in [0.15, 0.2) is 18.2 Å². The van der Waals surface area contributed by atoms with Gasteiger partial charge >= 0.3 is 6.18 Å². The minimum Gasteiger partial charge on any atom is -0.314 e. The number of nitrogens with zero attached hydrogens (tertiary/aromatic N) is 1. The molecule has 0 bridgehead atoms. The third-order valence-corrected chi connectivity index (χ3v) is 4.46. The van der Waals surface area contributed by atoms with Crippen LogP contribution in [0.5, 0.6) is 0 Å². The normalized spacial score (nSPS) is 18.4. The molecule has 1 atom stereocenters. The zero-order chi connectivity index (χ0) is 17.0. The van der Waals surface area contributed by atoms with Gasteiger partial charge in [-0.1, -0.05) is 25.4 Å². The Morgan fingerprint density at radius 3 is 2.35 bits per heavy atom. The fraction of sp³-hybridized carbons (Fsp3) is 0.647. The summed E-state index contributed by atoms with van der Waals surface area (Å²) in [6.07, 6.45) is -2.55. The largest absolute Gasteiger partial charge is 0.416 e. The predicted octanol–water partition coefficient (Wildman–Crippen LogP) is 4.74. The number of hydrogen-bond donors (Lipinski definition) is 1. The molecule has 1 aromatic carbocycles. The molecule has 1 fully saturated rings. The Kier molecular flexibility index (Phi) is 6.34. The van der Waals surface area contributed by atoms with Gasteiger partial charge in [-0.15, -0.1) is 0 Å². The Morgan fingerprint density at radius 2 is 1.78 bits per heavy atom. The molecule has 1 saturated heterocycles. The molecule has 2 nitrogen and oxygen atoms in total. The molecule has 0 aromatic heterocycles. The Hall–Kier alpha value is -0.780. The standard InChI is InChI=1S/C17H24ClF3N2/c1-12(2)3-4-16(23-7-5-22-6-8-23)13-9-14(17(19,20)21)11-15(18)10-13/h9-12,16,22H,3-8H2,1-2H3/t16-/m1/s1. The number of rotatable bonds is 5. The second-order valence-electron chi connectivity index (χ2n) is 6.54. The van der Waals surface area contributed by atoms with Crippen molar-refractivity contribution in [2.45, 2.75) is 38.9 Å². The van der Waals surface area contributed by atoms with Crippen molar-refractivity contribution in [3.8, 4) is 0 Å². The molecule has 1 aliphatic heterocycles. The first-order valence-corrected chi connectivity index (χ1v) is 8.47. The lowest BCUT2D eigenvalue weighted by molar-refractivity contribution is -0.137. The first kappa shape index (κ1) is 18.6. The molecule has 0 spiro atoms. The average Bonchev–Trinajstić information content (AvgIpc) is 2.47. The fourth-order valence-electron chi connectivity index (χ4n) is 3.01. The van der Waals surface area contributed by atoms with E-state index in [1.165, 1.54) is 6.07 Å². The summed E-state index contributed by atoms with van der Waals surface area (Å²) in [5.74, 6) is 0.515. The molecule has 23 heavy (non-hydrogen) atoms. The zero-order valence-electron chi connectivity index (χ0n) is 13.6. The highest BCUT2D eigenvalue weighted by atomic mass is 35.5. The van der Waals surface area contributed by atoms with Crippen LogP contribution in [0.4, 0.5) is 13.2 Å². The molecule has 0 unspecified atom stereocenters. The van der Waals surface area contributed by atoms with Crippen LogP contribution in [-0.4, -0.2) is 31.1 Å². The molecule has 0 amide bonds. The van der Waals surface area contributed by atoms with Crippen LogP contribution >= 0.6 is 11.6 Å². The summed E-state index contributed by atoms with van der Waals surface area (Å²) in [4.78, 5) is 2.27. The fourth-order valence-corrected chi connectivity index (χ4v) is 3.26. The number of benzene rings is 1. The van der Waals surface area contributed by atoms with Crippen LogP contribution in [0, 0.1) is 5.92 Å². The number of hydrogen-bond acceptors (Lipinski definition) is 2. The van der Waals surface area contributed by atoms with E-state index in [0.29, 0.717) is 11.5 Å². The van der Waals surface area contributed by atoms with E-state index in [1.54, 1.807) is 6.07 Å². The van der Waals surface area contributed by atoms with Crippen molar-refractivity contribution in [1.29, 1.82) is 0 Å². The van der Waals surface area contributed by atoms with E-state index in [4.69, 9.17) is 11.6 Å². The third-order valence-electron chi connectivity index (χ3n) is 4.24. The second kappa shape index (κ2) is 7.86. The van der Waals surface area contributed by atoms with Crippen molar-refractivity contribution in [2.24, 2.45) is 5.92 Å². The molecule has 0 saturated carbocycles. The lowest BCUT2D eigenvalue weighted by atomic mass is 9.94. The number of piperazine rings is 1. The van der Waals surface area contributed by atoms with E-state index in [0.717, 1.165) is 45.1 Å². The average molecular weight is 349 g/mol. The van der Waals surface area contributed by atoms with Crippen LogP contribution in [0.25, 0.3) is 0 Å². The van der Waals surface area contributed by atoms with Crippen LogP contribution in [-0.2, 0) is 6.18 Å². The van der Waals surface area contributed by atoms with E-state index >= 15 is 0 Å². The Morgan fingerprint density at radius 1 is 1.13 bits per heavy atom. The van der Waals surface area contributed by atoms with Crippen molar-refractivity contribution in [3.63, 3.8) is 0 Å². The molecule has 1 aromatic rings. The molecule has 1 N–H and O–H groups in total. The molecule has 0 aliphatic carbocycles. The van der Waals surface area contributed by atoms with Crippen LogP contribution < -0.4 is 5.32 Å². The van der Waals surface area contributed by atoms with E-state index in [9.17, 15) is 13.2 Å².